The van der Waals surface area contributed by atoms with Gasteiger partial charge in [-0.3, -0.25) is 19.7 Å². The SMILES string of the molecule is NCC(=O)NC(=O)[C@H](Cc1ccccc1)NC(=O)CN. The molecule has 0 aliphatic carbocycles. The van der Waals surface area contributed by atoms with Crippen molar-refractivity contribution in [3.8, 4) is 0 Å². The highest BCUT2D eigenvalue weighted by atomic mass is 16.2. The standard InChI is InChI=1S/C13H18N4O3/c14-7-11(18)16-10(13(20)17-12(19)8-15)6-9-4-2-1-3-5-9/h1-5,10H,6-8,14-15H2,(H,16,18)(H,17,19,20)/t10-/m0/s1. The quantitative estimate of drug-likeness (QED) is 0.492. The van der Waals surface area contributed by atoms with Gasteiger partial charge in [0.1, 0.15) is 6.04 Å². The first-order valence-corrected chi connectivity index (χ1v) is 6.14. The number of carbonyl (C=O) groups is 3. The highest BCUT2D eigenvalue weighted by molar-refractivity contribution is 6.00. The van der Waals surface area contributed by atoms with Gasteiger partial charge in [0.2, 0.25) is 17.7 Å². The third-order valence-corrected chi connectivity index (χ3v) is 2.57. The van der Waals surface area contributed by atoms with Gasteiger partial charge in [0.05, 0.1) is 13.1 Å². The Kier molecular flexibility index (Phi) is 6.34. The van der Waals surface area contributed by atoms with Crippen LogP contribution in [0.25, 0.3) is 0 Å². The van der Waals surface area contributed by atoms with Gasteiger partial charge in [-0.1, -0.05) is 30.3 Å². The Bertz CT molecular complexity index is 476. The molecule has 0 radical (unpaired) electrons. The summed E-state index contributed by atoms with van der Waals surface area (Å²) in [6, 6.07) is 8.25. The van der Waals surface area contributed by atoms with E-state index in [2.05, 4.69) is 10.6 Å². The molecule has 0 heterocycles. The summed E-state index contributed by atoms with van der Waals surface area (Å²) >= 11 is 0. The summed E-state index contributed by atoms with van der Waals surface area (Å²) in [6.07, 6.45) is 0.260. The Balaban J connectivity index is 2.76. The lowest BCUT2D eigenvalue weighted by Gasteiger charge is -2.17. The number of rotatable bonds is 6. The molecular formula is C13H18N4O3. The zero-order valence-electron chi connectivity index (χ0n) is 11.0. The number of carbonyl (C=O) groups excluding carboxylic acids is 3. The zero-order valence-corrected chi connectivity index (χ0v) is 11.0. The summed E-state index contributed by atoms with van der Waals surface area (Å²) in [7, 11) is 0. The molecule has 0 spiro atoms. The van der Waals surface area contributed by atoms with E-state index in [0.717, 1.165) is 5.56 Å². The van der Waals surface area contributed by atoms with Crippen LogP contribution in [0.15, 0.2) is 30.3 Å². The number of nitrogens with two attached hydrogens (primary N) is 2. The van der Waals surface area contributed by atoms with Crippen molar-refractivity contribution in [1.82, 2.24) is 10.6 Å². The molecule has 3 amide bonds. The van der Waals surface area contributed by atoms with E-state index in [0.29, 0.717) is 0 Å². The maximum absolute atomic E-state index is 11.9. The molecule has 0 saturated carbocycles. The van der Waals surface area contributed by atoms with Crippen molar-refractivity contribution in [1.29, 1.82) is 0 Å². The number of amides is 3. The van der Waals surface area contributed by atoms with Crippen LogP contribution < -0.4 is 22.1 Å². The van der Waals surface area contributed by atoms with Crippen LogP contribution in [-0.2, 0) is 20.8 Å². The first-order chi connectivity index (χ1) is 9.56. The Labute approximate surface area is 116 Å². The molecule has 1 atom stereocenters. The van der Waals surface area contributed by atoms with Gasteiger partial charge in [-0.05, 0) is 5.56 Å². The van der Waals surface area contributed by atoms with Crippen molar-refractivity contribution in [3.05, 3.63) is 35.9 Å². The lowest BCUT2D eigenvalue weighted by Crippen LogP contribution is -2.51. The van der Waals surface area contributed by atoms with E-state index in [4.69, 9.17) is 11.5 Å². The summed E-state index contributed by atoms with van der Waals surface area (Å²) < 4.78 is 0. The van der Waals surface area contributed by atoms with Crippen molar-refractivity contribution >= 4 is 17.7 Å². The summed E-state index contributed by atoms with van der Waals surface area (Å²) in [6.45, 7) is -0.530. The third kappa shape index (κ3) is 5.17. The molecule has 0 aliphatic heterocycles. The van der Waals surface area contributed by atoms with Gasteiger partial charge in [0.15, 0.2) is 0 Å². The molecular weight excluding hydrogens is 260 g/mol. The fourth-order valence-corrected chi connectivity index (χ4v) is 1.59. The second kappa shape index (κ2) is 8.03. The van der Waals surface area contributed by atoms with E-state index in [9.17, 15) is 14.4 Å². The lowest BCUT2D eigenvalue weighted by atomic mass is 10.1. The van der Waals surface area contributed by atoms with Crippen LogP contribution in [0.1, 0.15) is 5.56 Å². The number of hydrogen-bond donors (Lipinski definition) is 4. The molecule has 0 unspecified atom stereocenters. The largest absolute Gasteiger partial charge is 0.343 e. The molecule has 0 aliphatic rings. The Hall–Kier alpha value is -2.25. The molecule has 20 heavy (non-hydrogen) atoms. The van der Waals surface area contributed by atoms with Gasteiger partial charge in [0.25, 0.3) is 0 Å². The van der Waals surface area contributed by atoms with Crippen LogP contribution in [-0.4, -0.2) is 36.9 Å². The topological polar surface area (TPSA) is 127 Å². The first kappa shape index (κ1) is 15.8. The third-order valence-electron chi connectivity index (χ3n) is 2.57. The van der Waals surface area contributed by atoms with Crippen molar-refractivity contribution in [2.75, 3.05) is 13.1 Å². The van der Waals surface area contributed by atoms with Crippen molar-refractivity contribution in [2.45, 2.75) is 12.5 Å². The molecule has 7 heteroatoms. The summed E-state index contributed by atoms with van der Waals surface area (Å²) in [5, 5.41) is 4.60. The molecule has 0 aromatic heterocycles. The van der Waals surface area contributed by atoms with E-state index in [-0.39, 0.29) is 19.5 Å². The van der Waals surface area contributed by atoms with E-state index in [1.165, 1.54) is 0 Å². The minimum atomic E-state index is -0.871. The van der Waals surface area contributed by atoms with Crippen molar-refractivity contribution < 1.29 is 14.4 Å². The minimum absolute atomic E-state index is 0.233. The fraction of sp³-hybridized carbons (Fsp3) is 0.308. The molecule has 7 nitrogen and oxygen atoms in total. The summed E-state index contributed by atoms with van der Waals surface area (Å²) in [5.41, 5.74) is 11.2. The summed E-state index contributed by atoms with van der Waals surface area (Å²) in [5.74, 6) is -1.68. The molecule has 1 aromatic rings. The van der Waals surface area contributed by atoms with Crippen LogP contribution in [0.4, 0.5) is 0 Å². The Morgan fingerprint density at radius 1 is 1.00 bits per heavy atom. The average molecular weight is 278 g/mol. The number of imide groups is 1. The van der Waals surface area contributed by atoms with Crippen molar-refractivity contribution in [2.24, 2.45) is 11.5 Å². The lowest BCUT2D eigenvalue weighted by molar-refractivity contribution is -0.133. The van der Waals surface area contributed by atoms with Crippen molar-refractivity contribution in [3.63, 3.8) is 0 Å². The molecule has 0 fully saturated rings. The van der Waals surface area contributed by atoms with Gasteiger partial charge in [0, 0.05) is 6.42 Å². The second-order valence-electron chi connectivity index (χ2n) is 4.13. The summed E-state index contributed by atoms with van der Waals surface area (Å²) in [4.78, 5) is 34.4. The van der Waals surface area contributed by atoms with Gasteiger partial charge in [-0.2, -0.15) is 0 Å². The smallest absolute Gasteiger partial charge is 0.249 e. The predicted molar refractivity (Wildman–Crippen MR) is 73.3 cm³/mol. The highest BCUT2D eigenvalue weighted by Crippen LogP contribution is 2.03. The number of hydrogen-bond acceptors (Lipinski definition) is 5. The normalized spacial score (nSPS) is 11.5. The highest BCUT2D eigenvalue weighted by Gasteiger charge is 2.22. The zero-order chi connectivity index (χ0) is 15.0. The predicted octanol–water partition coefficient (Wildman–Crippen LogP) is -1.73. The van der Waals surface area contributed by atoms with E-state index in [1.54, 1.807) is 0 Å². The first-order valence-electron chi connectivity index (χ1n) is 6.14. The molecule has 6 N–H and O–H groups in total. The molecule has 108 valence electrons. The van der Waals surface area contributed by atoms with Crippen LogP contribution in [0.3, 0.4) is 0 Å². The number of benzene rings is 1. The Morgan fingerprint density at radius 2 is 1.60 bits per heavy atom. The van der Waals surface area contributed by atoms with Crippen LogP contribution in [0.5, 0.6) is 0 Å². The van der Waals surface area contributed by atoms with Crippen LogP contribution in [0.2, 0.25) is 0 Å². The van der Waals surface area contributed by atoms with Gasteiger partial charge >= 0.3 is 0 Å². The maximum Gasteiger partial charge on any atom is 0.249 e. The molecule has 1 rings (SSSR count). The van der Waals surface area contributed by atoms with Gasteiger partial charge in [-0.15, -0.1) is 0 Å². The maximum atomic E-state index is 11.9. The number of nitrogens with one attached hydrogen (secondary N) is 2. The monoisotopic (exact) mass is 278 g/mol. The van der Waals surface area contributed by atoms with Crippen LogP contribution >= 0.6 is 0 Å². The van der Waals surface area contributed by atoms with Gasteiger partial charge < -0.3 is 16.8 Å². The molecule has 0 bridgehead atoms. The molecule has 1 aromatic carbocycles. The molecule has 0 saturated heterocycles. The average Bonchev–Trinajstić information content (AvgIpc) is 2.47. The van der Waals surface area contributed by atoms with E-state index >= 15 is 0 Å². The van der Waals surface area contributed by atoms with Crippen LogP contribution in [0, 0.1) is 0 Å². The second-order valence-corrected chi connectivity index (χ2v) is 4.13. The minimum Gasteiger partial charge on any atom is -0.343 e. The van der Waals surface area contributed by atoms with E-state index in [1.807, 2.05) is 30.3 Å². The van der Waals surface area contributed by atoms with E-state index < -0.39 is 23.8 Å². The van der Waals surface area contributed by atoms with Gasteiger partial charge in [-0.25, -0.2) is 0 Å². The fourth-order valence-electron chi connectivity index (χ4n) is 1.59. The Morgan fingerprint density at radius 3 is 2.15 bits per heavy atom.